The van der Waals surface area contributed by atoms with Crippen molar-refractivity contribution in [3.05, 3.63) is 83.0 Å². The van der Waals surface area contributed by atoms with Crippen molar-refractivity contribution in [2.75, 3.05) is 7.11 Å². The molecule has 4 aromatic rings. The maximum absolute atomic E-state index is 14.3. The standard InChI is InChI=1S/C28H27N7O2/c1-4-28(2,34-25(31)19(16-29)17-30)27-33-22-12-8-11-21(18-13-14-32-23(15-18)37-3)24(22)26(36)35(27)20-9-6-5-7-10-20/h5-16,19,29H,4H2,1-3H3,(H2,31,34). The van der Waals surface area contributed by atoms with Crippen molar-refractivity contribution in [2.24, 2.45) is 16.6 Å². The number of nitrogens with two attached hydrogens (primary N) is 1. The summed E-state index contributed by atoms with van der Waals surface area (Å²) in [5.41, 5.74) is 7.41. The minimum atomic E-state index is -1.05. The van der Waals surface area contributed by atoms with Crippen LogP contribution in [0.5, 0.6) is 5.88 Å². The number of aromatic nitrogens is 3. The maximum atomic E-state index is 14.3. The van der Waals surface area contributed by atoms with Crippen molar-refractivity contribution in [3.8, 4) is 28.8 Å². The molecule has 4 rings (SSSR count). The quantitative estimate of drug-likeness (QED) is 0.278. The molecule has 2 unspecified atom stereocenters. The van der Waals surface area contributed by atoms with Gasteiger partial charge < -0.3 is 15.9 Å². The molecule has 0 bridgehead atoms. The van der Waals surface area contributed by atoms with E-state index in [0.29, 0.717) is 40.3 Å². The molecule has 37 heavy (non-hydrogen) atoms. The Bertz CT molecular complexity index is 1590. The van der Waals surface area contributed by atoms with Crippen molar-refractivity contribution in [1.29, 1.82) is 10.7 Å². The lowest BCUT2D eigenvalue weighted by atomic mass is 9.95. The SMILES string of the molecule is CCC(C)(N=C(N)C(C#N)C=N)c1nc2cccc(-c3ccnc(OC)c3)c2c(=O)n1-c1ccccc1. The first-order chi connectivity index (χ1) is 17.9. The van der Waals surface area contributed by atoms with Crippen LogP contribution in [0.4, 0.5) is 0 Å². The van der Waals surface area contributed by atoms with Gasteiger partial charge in [0.2, 0.25) is 5.88 Å². The van der Waals surface area contributed by atoms with Crippen molar-refractivity contribution in [2.45, 2.75) is 25.8 Å². The molecule has 0 saturated carbocycles. The van der Waals surface area contributed by atoms with Crippen LogP contribution in [0.3, 0.4) is 0 Å². The summed E-state index contributed by atoms with van der Waals surface area (Å²) in [6.07, 6.45) is 3.02. The lowest BCUT2D eigenvalue weighted by molar-refractivity contribution is 0.398. The van der Waals surface area contributed by atoms with Gasteiger partial charge in [-0.05, 0) is 48.7 Å². The van der Waals surface area contributed by atoms with E-state index in [1.54, 1.807) is 30.0 Å². The number of hydrogen-bond acceptors (Lipinski definition) is 7. The Morgan fingerprint density at radius 1 is 1.27 bits per heavy atom. The molecule has 0 fully saturated rings. The van der Waals surface area contributed by atoms with Gasteiger partial charge in [0.15, 0.2) is 0 Å². The van der Waals surface area contributed by atoms with E-state index in [9.17, 15) is 10.1 Å². The number of para-hydroxylation sites is 1. The average Bonchev–Trinajstić information content (AvgIpc) is 2.93. The van der Waals surface area contributed by atoms with Gasteiger partial charge in [0.05, 0.1) is 29.8 Å². The number of hydrogen-bond donors (Lipinski definition) is 2. The summed E-state index contributed by atoms with van der Waals surface area (Å²) in [6, 6.07) is 20.3. The fraction of sp³-hybridized carbons (Fsp3) is 0.214. The zero-order valence-electron chi connectivity index (χ0n) is 20.8. The Labute approximate surface area is 214 Å². The Morgan fingerprint density at radius 2 is 2.03 bits per heavy atom. The van der Waals surface area contributed by atoms with Gasteiger partial charge in [0, 0.05) is 18.5 Å². The minimum Gasteiger partial charge on any atom is -0.481 e. The number of aliphatic imine (C=N–C) groups is 1. The van der Waals surface area contributed by atoms with Crippen LogP contribution in [0.25, 0.3) is 27.7 Å². The third kappa shape index (κ3) is 4.69. The number of methoxy groups -OCH3 is 1. The third-order valence-electron chi connectivity index (χ3n) is 6.34. The predicted octanol–water partition coefficient (Wildman–Crippen LogP) is 4.23. The fourth-order valence-electron chi connectivity index (χ4n) is 4.17. The predicted molar refractivity (Wildman–Crippen MR) is 144 cm³/mol. The number of benzene rings is 2. The van der Waals surface area contributed by atoms with Gasteiger partial charge in [0.1, 0.15) is 23.1 Å². The van der Waals surface area contributed by atoms with Gasteiger partial charge in [0.25, 0.3) is 5.56 Å². The molecule has 2 aromatic heterocycles. The van der Waals surface area contributed by atoms with Crippen LogP contribution in [0, 0.1) is 22.7 Å². The summed E-state index contributed by atoms with van der Waals surface area (Å²) in [5.74, 6) is -0.165. The summed E-state index contributed by atoms with van der Waals surface area (Å²) in [7, 11) is 1.54. The number of nitrogens with one attached hydrogen (secondary N) is 1. The molecule has 0 aliphatic carbocycles. The lowest BCUT2D eigenvalue weighted by Gasteiger charge is -2.28. The summed E-state index contributed by atoms with van der Waals surface area (Å²) in [6.45, 7) is 3.73. The lowest BCUT2D eigenvalue weighted by Crippen LogP contribution is -2.36. The van der Waals surface area contributed by atoms with Crippen LogP contribution < -0.4 is 16.0 Å². The summed E-state index contributed by atoms with van der Waals surface area (Å²) < 4.78 is 6.84. The van der Waals surface area contributed by atoms with Gasteiger partial charge in [-0.15, -0.1) is 0 Å². The van der Waals surface area contributed by atoms with Crippen LogP contribution in [0.15, 0.2) is 76.6 Å². The second-order valence-electron chi connectivity index (χ2n) is 8.64. The molecule has 2 heterocycles. The minimum absolute atomic E-state index is 0.00608. The molecular formula is C28H27N7O2. The van der Waals surface area contributed by atoms with Crippen molar-refractivity contribution < 1.29 is 4.74 Å². The van der Waals surface area contributed by atoms with E-state index < -0.39 is 11.5 Å². The number of rotatable bonds is 8. The highest BCUT2D eigenvalue weighted by Crippen LogP contribution is 2.33. The van der Waals surface area contributed by atoms with Gasteiger partial charge in [-0.25, -0.2) is 9.97 Å². The molecule has 9 nitrogen and oxygen atoms in total. The van der Waals surface area contributed by atoms with Gasteiger partial charge in [-0.1, -0.05) is 37.3 Å². The number of nitriles is 1. The molecule has 0 saturated heterocycles. The molecular weight excluding hydrogens is 466 g/mol. The monoisotopic (exact) mass is 493 g/mol. The molecule has 2 aromatic carbocycles. The topological polar surface area (TPSA) is 143 Å². The molecule has 0 amide bonds. The van der Waals surface area contributed by atoms with Gasteiger partial charge >= 0.3 is 0 Å². The van der Waals surface area contributed by atoms with Crippen LogP contribution in [-0.2, 0) is 5.54 Å². The first kappa shape index (κ1) is 25.3. The highest BCUT2D eigenvalue weighted by atomic mass is 16.5. The average molecular weight is 494 g/mol. The van der Waals surface area contributed by atoms with E-state index in [0.717, 1.165) is 11.8 Å². The van der Waals surface area contributed by atoms with Crippen LogP contribution in [0.2, 0.25) is 0 Å². The molecule has 9 heteroatoms. The third-order valence-corrected chi connectivity index (χ3v) is 6.34. The van der Waals surface area contributed by atoms with E-state index >= 15 is 0 Å². The Hall–Kier alpha value is -4.84. The maximum Gasteiger partial charge on any atom is 0.266 e. The number of fused-ring (bicyclic) bond motifs is 1. The van der Waals surface area contributed by atoms with E-state index in [4.69, 9.17) is 20.9 Å². The van der Waals surface area contributed by atoms with E-state index in [2.05, 4.69) is 9.98 Å². The Morgan fingerprint density at radius 3 is 2.68 bits per heavy atom. The zero-order chi connectivity index (χ0) is 26.6. The molecule has 0 aliphatic heterocycles. The van der Waals surface area contributed by atoms with Crippen LogP contribution >= 0.6 is 0 Å². The fourth-order valence-corrected chi connectivity index (χ4v) is 4.17. The second-order valence-corrected chi connectivity index (χ2v) is 8.64. The molecule has 0 spiro atoms. The van der Waals surface area contributed by atoms with Crippen molar-refractivity contribution in [1.82, 2.24) is 14.5 Å². The highest BCUT2D eigenvalue weighted by molar-refractivity contribution is 5.98. The second kappa shape index (κ2) is 10.4. The molecule has 186 valence electrons. The van der Waals surface area contributed by atoms with E-state index in [1.165, 1.54) is 0 Å². The largest absolute Gasteiger partial charge is 0.481 e. The zero-order valence-corrected chi connectivity index (χ0v) is 20.8. The Balaban J connectivity index is 2.10. The van der Waals surface area contributed by atoms with Gasteiger partial charge in [-0.3, -0.25) is 14.4 Å². The van der Waals surface area contributed by atoms with Gasteiger partial charge in [-0.2, -0.15) is 5.26 Å². The molecule has 0 aliphatic rings. The molecule has 2 atom stereocenters. The Kier molecular flexibility index (Phi) is 7.11. The summed E-state index contributed by atoms with van der Waals surface area (Å²) >= 11 is 0. The first-order valence-electron chi connectivity index (χ1n) is 11.7. The first-order valence-corrected chi connectivity index (χ1v) is 11.7. The molecule has 0 radical (unpaired) electrons. The smallest absolute Gasteiger partial charge is 0.266 e. The number of amidine groups is 1. The van der Waals surface area contributed by atoms with Crippen molar-refractivity contribution >= 4 is 23.0 Å². The number of ether oxygens (including phenoxy) is 1. The van der Waals surface area contributed by atoms with E-state index in [-0.39, 0.29) is 11.4 Å². The summed E-state index contributed by atoms with van der Waals surface area (Å²) in [4.78, 5) is 28.1. The normalized spacial score (nSPS) is 13.9. The number of pyridine rings is 1. The van der Waals surface area contributed by atoms with Crippen LogP contribution in [0.1, 0.15) is 26.1 Å². The van der Waals surface area contributed by atoms with E-state index in [1.807, 2.05) is 68.4 Å². The molecule has 3 N–H and O–H groups in total. The highest BCUT2D eigenvalue weighted by Gasteiger charge is 2.32. The van der Waals surface area contributed by atoms with Crippen molar-refractivity contribution in [3.63, 3.8) is 0 Å². The summed E-state index contributed by atoms with van der Waals surface area (Å²) in [5, 5.41) is 17.3. The number of nitrogens with zero attached hydrogens (tertiary/aromatic N) is 5. The van der Waals surface area contributed by atoms with Crippen LogP contribution in [-0.4, -0.2) is 33.7 Å².